The monoisotopic (exact) mass is 758 g/mol. The third kappa shape index (κ3) is 5.61. The molecule has 0 aromatic carbocycles. The van der Waals surface area contributed by atoms with Crippen LogP contribution in [0.2, 0.25) is 0 Å². The zero-order valence-corrected chi connectivity index (χ0v) is 36.2. The van der Waals surface area contributed by atoms with Crippen LogP contribution in [-0.2, 0) is 14.3 Å². The topological polar surface area (TPSA) is 111 Å². The van der Waals surface area contributed by atoms with Crippen LogP contribution in [0.25, 0.3) is 11.4 Å². The maximum atomic E-state index is 13.6. The lowest BCUT2D eigenvalue weighted by atomic mass is 9.33. The van der Waals surface area contributed by atoms with Gasteiger partial charge in [0.05, 0.1) is 37.4 Å². The number of fused-ring (bicyclic) bond motifs is 3. The Balaban J connectivity index is 1.38. The van der Waals surface area contributed by atoms with Gasteiger partial charge in [0, 0.05) is 34.3 Å². The van der Waals surface area contributed by atoms with Gasteiger partial charge in [-0.2, -0.15) is 5.10 Å². The first-order chi connectivity index (χ1) is 25.7. The predicted octanol–water partition coefficient (Wildman–Crippen LogP) is 9.27. The number of pyridine rings is 1. The van der Waals surface area contributed by atoms with Gasteiger partial charge in [0.1, 0.15) is 6.33 Å². The molecule has 55 heavy (non-hydrogen) atoms. The third-order valence-corrected chi connectivity index (χ3v) is 18.2. The Kier molecular flexibility index (Phi) is 9.94. The summed E-state index contributed by atoms with van der Waals surface area (Å²) in [5.74, 6) is 1.13. The van der Waals surface area contributed by atoms with Crippen molar-refractivity contribution in [3.05, 3.63) is 42.5 Å². The number of nitrogens with zero attached hydrogens (tertiary/aromatic N) is 4. The number of aliphatic carboxylic acids is 1. The van der Waals surface area contributed by atoms with Crippen molar-refractivity contribution in [1.82, 2.24) is 25.1 Å². The van der Waals surface area contributed by atoms with E-state index in [9.17, 15) is 9.90 Å². The number of rotatable bonds is 9. The van der Waals surface area contributed by atoms with E-state index < -0.39 is 11.9 Å². The van der Waals surface area contributed by atoms with Gasteiger partial charge < -0.3 is 19.9 Å². The fourth-order valence-corrected chi connectivity index (χ4v) is 13.6. The normalized spacial score (nSPS) is 41.7. The molecule has 1 aliphatic heterocycles. The Morgan fingerprint density at radius 1 is 1.07 bits per heavy atom. The lowest BCUT2D eigenvalue weighted by Gasteiger charge is -2.72. The van der Waals surface area contributed by atoms with Crippen molar-refractivity contribution in [1.29, 1.82) is 0 Å². The van der Waals surface area contributed by atoms with Crippen molar-refractivity contribution in [3.63, 3.8) is 0 Å². The summed E-state index contributed by atoms with van der Waals surface area (Å²) in [6.45, 7) is 28.9. The highest BCUT2D eigenvalue weighted by atomic mass is 16.5. The number of carboxylic acids is 1. The van der Waals surface area contributed by atoms with E-state index >= 15 is 0 Å². The van der Waals surface area contributed by atoms with Crippen molar-refractivity contribution < 1.29 is 19.4 Å². The molecule has 0 amide bonds. The molecule has 3 heterocycles. The molecule has 2 N–H and O–H groups in total. The molecule has 13 atom stereocenters. The second-order valence-corrected chi connectivity index (χ2v) is 21.3. The lowest BCUT2D eigenvalue weighted by molar-refractivity contribution is -0.274. The first-order valence-corrected chi connectivity index (χ1v) is 21.3. The minimum atomic E-state index is -0.620. The summed E-state index contributed by atoms with van der Waals surface area (Å²) < 4.78 is 16.6. The largest absolute Gasteiger partial charge is 0.481 e. The van der Waals surface area contributed by atoms with Crippen LogP contribution in [0, 0.1) is 62.1 Å². The summed E-state index contributed by atoms with van der Waals surface area (Å²) in [5, 5.41) is 19.9. The molecular weight excluding hydrogens is 687 g/mol. The molecule has 0 unspecified atom stereocenters. The fraction of sp³-hybridized carbons (Fsp3) is 0.783. The molecule has 0 spiro atoms. The Morgan fingerprint density at radius 2 is 1.76 bits per heavy atom. The molecule has 1 saturated heterocycles. The van der Waals surface area contributed by atoms with Gasteiger partial charge >= 0.3 is 5.97 Å². The smallest absolute Gasteiger partial charge is 0.307 e. The van der Waals surface area contributed by atoms with E-state index in [2.05, 4.69) is 104 Å². The van der Waals surface area contributed by atoms with Crippen LogP contribution in [0.15, 0.2) is 42.5 Å². The maximum Gasteiger partial charge on any atom is 0.307 e. The Bertz CT molecular complexity index is 1790. The van der Waals surface area contributed by atoms with Crippen LogP contribution < -0.4 is 5.32 Å². The number of aromatic nitrogens is 4. The summed E-state index contributed by atoms with van der Waals surface area (Å²) in [5.41, 5.74) is 0.814. The summed E-state index contributed by atoms with van der Waals surface area (Å²) in [7, 11) is 2.04. The number of hydrogen-bond acceptors (Lipinski definition) is 7. The van der Waals surface area contributed by atoms with Crippen molar-refractivity contribution in [2.24, 2.45) is 62.1 Å². The van der Waals surface area contributed by atoms with Crippen LogP contribution in [-0.4, -0.2) is 68.8 Å². The second-order valence-electron chi connectivity index (χ2n) is 21.3. The zero-order valence-electron chi connectivity index (χ0n) is 36.2. The number of hydrogen-bond donors (Lipinski definition) is 2. The highest BCUT2D eigenvalue weighted by Crippen LogP contribution is 2.76. The summed E-state index contributed by atoms with van der Waals surface area (Å²) in [6.07, 6.45) is 13.4. The summed E-state index contributed by atoms with van der Waals surface area (Å²) in [6, 6.07) is 3.93. The number of nitrogens with one attached hydrogen (secondary N) is 1. The average Bonchev–Trinajstić information content (AvgIpc) is 3.62. The summed E-state index contributed by atoms with van der Waals surface area (Å²) in [4.78, 5) is 22.8. The molecule has 4 aliphatic carbocycles. The Labute approximate surface area is 331 Å². The molecule has 0 radical (unpaired) electrons. The fourth-order valence-electron chi connectivity index (χ4n) is 13.6. The van der Waals surface area contributed by atoms with Crippen LogP contribution in [0.1, 0.15) is 128 Å². The van der Waals surface area contributed by atoms with Crippen molar-refractivity contribution >= 4 is 5.97 Å². The molecule has 2 aromatic rings. The van der Waals surface area contributed by atoms with Gasteiger partial charge in [0.25, 0.3) is 0 Å². The SMILES string of the molecule is CN[C@@](C)(CO[C@H]1[C@H](n2ncnc2-c2ccncc2)C[C@]23C4=CC[C@@]5(C)[C@H](C(=O)O)[C@@](C)([C@H](C)C(C)C)CC[C@]5(C)[C@H]4CC[C@H]2[C@@]1(C)CO[C@H]3C)C(C)(C)C. The molecule has 2 bridgehead atoms. The van der Waals surface area contributed by atoms with Crippen molar-refractivity contribution in [3.8, 4) is 11.4 Å². The quantitative estimate of drug-likeness (QED) is 0.244. The van der Waals surface area contributed by atoms with Crippen LogP contribution in [0.4, 0.5) is 0 Å². The number of likely N-dealkylation sites (N-methyl/N-ethyl adjacent to an activating group) is 1. The van der Waals surface area contributed by atoms with Gasteiger partial charge in [0.2, 0.25) is 0 Å². The minimum absolute atomic E-state index is 0.00818. The van der Waals surface area contributed by atoms with Crippen LogP contribution in [0.3, 0.4) is 0 Å². The average molecular weight is 758 g/mol. The Morgan fingerprint density at radius 3 is 2.38 bits per heavy atom. The molecule has 5 aliphatic rings. The van der Waals surface area contributed by atoms with Gasteiger partial charge in [-0.25, -0.2) is 9.67 Å². The minimum Gasteiger partial charge on any atom is -0.481 e. The molecular formula is C46H71N5O4. The molecule has 304 valence electrons. The molecule has 3 saturated carbocycles. The maximum absolute atomic E-state index is 13.6. The highest BCUT2D eigenvalue weighted by Gasteiger charge is 2.73. The van der Waals surface area contributed by atoms with Gasteiger partial charge in [-0.15, -0.1) is 0 Å². The number of allylic oxidation sites excluding steroid dienone is 1. The standard InChI is InChI=1S/C46H71N5O4/c1-28(2)29(3)41(8)20-21-43(10)32-14-15-35-42(9)25-54-30(4)46(35,33(32)16-19-44(43,11)36(41)39(52)53)24-34(37(42)55-26-45(12,47-13)40(5,6)7)51-38(49-27-50-51)31-17-22-48-23-18-31/h16-18,22-23,27-30,32,34-37,47H,14-15,19-21,24-26H2,1-13H3,(H,52,53)/t29-,30+,32+,34-,35+,36-,37+,41-,42-,43-,44+,45+,46+/m1/s1. The summed E-state index contributed by atoms with van der Waals surface area (Å²) >= 11 is 0. The van der Waals surface area contributed by atoms with E-state index in [4.69, 9.17) is 19.6 Å². The van der Waals surface area contributed by atoms with Crippen molar-refractivity contribution in [2.75, 3.05) is 20.3 Å². The predicted molar refractivity (Wildman–Crippen MR) is 217 cm³/mol. The van der Waals surface area contributed by atoms with Gasteiger partial charge in [-0.3, -0.25) is 9.78 Å². The van der Waals surface area contributed by atoms with E-state index in [0.717, 1.165) is 49.9 Å². The second kappa shape index (κ2) is 13.5. The highest BCUT2D eigenvalue weighted by molar-refractivity contribution is 5.73. The lowest BCUT2D eigenvalue weighted by Crippen LogP contribution is -2.71. The molecule has 7 rings (SSSR count). The van der Waals surface area contributed by atoms with E-state index in [-0.39, 0.29) is 62.2 Å². The van der Waals surface area contributed by atoms with Crippen LogP contribution >= 0.6 is 0 Å². The Hall–Kier alpha value is -2.62. The van der Waals surface area contributed by atoms with Gasteiger partial charge in [-0.05, 0) is 117 Å². The number of carboxylic acid groups (broad SMARTS) is 1. The van der Waals surface area contributed by atoms with Crippen molar-refractivity contribution in [2.45, 2.75) is 145 Å². The first kappa shape index (κ1) is 40.6. The van der Waals surface area contributed by atoms with Crippen LogP contribution in [0.5, 0.6) is 0 Å². The van der Waals surface area contributed by atoms with E-state index in [0.29, 0.717) is 31.0 Å². The third-order valence-electron chi connectivity index (χ3n) is 18.2. The molecule has 4 fully saturated rings. The number of ether oxygens (including phenoxy) is 2. The zero-order chi connectivity index (χ0) is 40.1. The molecule has 2 aromatic heterocycles. The van der Waals surface area contributed by atoms with Gasteiger partial charge in [-0.1, -0.05) is 80.9 Å². The van der Waals surface area contributed by atoms with E-state index in [1.807, 2.05) is 31.6 Å². The van der Waals surface area contributed by atoms with E-state index in [1.54, 1.807) is 6.33 Å². The van der Waals surface area contributed by atoms with Gasteiger partial charge in [0.15, 0.2) is 5.82 Å². The molecule has 9 heteroatoms. The molecule has 9 nitrogen and oxygen atoms in total. The first-order valence-electron chi connectivity index (χ1n) is 21.3. The van der Waals surface area contributed by atoms with E-state index in [1.165, 1.54) is 5.57 Å². The number of carbonyl (C=O) groups is 1.